The Hall–Kier alpha value is -4.28. The molecule has 8 nitrogen and oxygen atoms in total. The third-order valence-corrected chi connectivity index (χ3v) is 4.55. The third-order valence-electron chi connectivity index (χ3n) is 4.55. The number of carbonyl (C=O) groups is 1. The summed E-state index contributed by atoms with van der Waals surface area (Å²) in [6.45, 7) is 0. The van der Waals surface area contributed by atoms with Crippen LogP contribution in [0.15, 0.2) is 60.7 Å². The molecule has 2 aromatic carbocycles. The van der Waals surface area contributed by atoms with Crippen LogP contribution in [0.4, 0.5) is 19.0 Å². The van der Waals surface area contributed by atoms with Gasteiger partial charge in [-0.25, -0.2) is 4.98 Å². The minimum Gasteiger partial charge on any atom is -0.497 e. The van der Waals surface area contributed by atoms with Gasteiger partial charge in [0.25, 0.3) is 5.91 Å². The maximum atomic E-state index is 14.0. The Morgan fingerprint density at radius 1 is 1.06 bits per heavy atom. The summed E-state index contributed by atoms with van der Waals surface area (Å²) in [4.78, 5) is 17.1. The van der Waals surface area contributed by atoms with Gasteiger partial charge >= 0.3 is 6.18 Å². The van der Waals surface area contributed by atoms with Gasteiger partial charge in [0, 0.05) is 11.1 Å². The summed E-state index contributed by atoms with van der Waals surface area (Å²) in [6.07, 6.45) is -4.78. The van der Waals surface area contributed by atoms with Crippen molar-refractivity contribution >= 4 is 11.7 Å². The molecule has 0 aliphatic rings. The largest absolute Gasteiger partial charge is 0.497 e. The molecule has 0 fully saturated rings. The van der Waals surface area contributed by atoms with E-state index in [1.807, 2.05) is 0 Å². The molecule has 4 rings (SSSR count). The molecule has 0 radical (unpaired) electrons. The van der Waals surface area contributed by atoms with Crippen LogP contribution < -0.4 is 10.1 Å². The fourth-order valence-corrected chi connectivity index (χ4v) is 3.03. The van der Waals surface area contributed by atoms with Crippen molar-refractivity contribution in [3.05, 3.63) is 71.8 Å². The number of anilines is 1. The predicted molar refractivity (Wildman–Crippen MR) is 109 cm³/mol. The number of amides is 1. The van der Waals surface area contributed by atoms with Crippen LogP contribution in [0.1, 0.15) is 15.9 Å². The van der Waals surface area contributed by atoms with E-state index in [1.54, 1.807) is 42.5 Å². The van der Waals surface area contributed by atoms with E-state index in [-0.39, 0.29) is 22.9 Å². The number of benzene rings is 2. The molecule has 0 aliphatic carbocycles. The molecule has 0 bridgehead atoms. The number of rotatable bonds is 5. The molecule has 2 aromatic heterocycles. The molecule has 1 amide bonds. The molecular formula is C21H15F3N6O2. The van der Waals surface area contributed by atoms with Crippen molar-refractivity contribution in [1.82, 2.24) is 25.6 Å². The van der Waals surface area contributed by atoms with Crippen molar-refractivity contribution in [2.24, 2.45) is 0 Å². The number of aromatic nitrogens is 5. The fraction of sp³-hybridized carbons (Fsp3) is 0.0952. The molecule has 0 aliphatic heterocycles. The summed E-state index contributed by atoms with van der Waals surface area (Å²) in [5.41, 5.74) is -0.885. The summed E-state index contributed by atoms with van der Waals surface area (Å²) in [5.74, 6) is -0.837. The van der Waals surface area contributed by atoms with E-state index in [2.05, 4.69) is 30.9 Å². The molecule has 4 aromatic rings. The predicted octanol–water partition coefficient (Wildman–Crippen LogP) is 4.21. The van der Waals surface area contributed by atoms with E-state index in [0.717, 1.165) is 6.07 Å². The first-order valence-corrected chi connectivity index (χ1v) is 9.23. The lowest BCUT2D eigenvalue weighted by atomic mass is 10.0. The molecule has 0 unspecified atom stereocenters. The second-order valence-corrected chi connectivity index (χ2v) is 6.56. The lowest BCUT2D eigenvalue weighted by Gasteiger charge is -2.17. The molecule has 2 N–H and O–H groups in total. The SMILES string of the molecule is COc1ccc(C(=O)Nc2nc(-c3ccccc3)cc(C(F)(F)F)c2-c2nn[nH]n2)cc1. The summed E-state index contributed by atoms with van der Waals surface area (Å²) in [5, 5.41) is 15.3. The molecule has 0 spiro atoms. The summed E-state index contributed by atoms with van der Waals surface area (Å²) in [7, 11) is 1.48. The maximum Gasteiger partial charge on any atom is 0.417 e. The first-order chi connectivity index (χ1) is 15.4. The zero-order valence-corrected chi connectivity index (χ0v) is 16.5. The Bertz CT molecular complexity index is 1230. The Balaban J connectivity index is 1.87. The van der Waals surface area contributed by atoms with Crippen LogP contribution >= 0.6 is 0 Å². The molecule has 0 atom stereocenters. The number of hydrogen-bond acceptors (Lipinski definition) is 6. The van der Waals surface area contributed by atoms with Crippen LogP contribution in [0.5, 0.6) is 5.75 Å². The van der Waals surface area contributed by atoms with Gasteiger partial charge in [-0.15, -0.1) is 10.2 Å². The number of hydrogen-bond donors (Lipinski definition) is 2. The Labute approximate surface area is 179 Å². The quantitative estimate of drug-likeness (QED) is 0.482. The van der Waals surface area contributed by atoms with Crippen molar-refractivity contribution in [2.45, 2.75) is 6.18 Å². The van der Waals surface area contributed by atoms with Crippen molar-refractivity contribution in [2.75, 3.05) is 12.4 Å². The van der Waals surface area contributed by atoms with Gasteiger partial charge in [0.05, 0.1) is 23.9 Å². The molecule has 2 heterocycles. The number of alkyl halides is 3. The first kappa shape index (κ1) is 21.0. The molecule has 0 saturated heterocycles. The maximum absolute atomic E-state index is 14.0. The van der Waals surface area contributed by atoms with Crippen LogP contribution in [0.3, 0.4) is 0 Å². The van der Waals surface area contributed by atoms with Gasteiger partial charge in [0.2, 0.25) is 5.82 Å². The lowest BCUT2D eigenvalue weighted by Crippen LogP contribution is -2.17. The zero-order chi connectivity index (χ0) is 22.7. The number of methoxy groups -OCH3 is 1. The highest BCUT2D eigenvalue weighted by atomic mass is 19.4. The summed E-state index contributed by atoms with van der Waals surface area (Å²) in [6, 6.07) is 15.3. The topological polar surface area (TPSA) is 106 Å². The van der Waals surface area contributed by atoms with Gasteiger partial charge in [0.15, 0.2) is 0 Å². The highest BCUT2D eigenvalue weighted by Gasteiger charge is 2.38. The van der Waals surface area contributed by atoms with E-state index < -0.39 is 23.2 Å². The van der Waals surface area contributed by atoms with Crippen LogP contribution in [0.25, 0.3) is 22.6 Å². The summed E-state index contributed by atoms with van der Waals surface area (Å²) < 4.78 is 47.1. The average Bonchev–Trinajstić information content (AvgIpc) is 3.33. The van der Waals surface area contributed by atoms with Crippen molar-refractivity contribution < 1.29 is 22.7 Å². The van der Waals surface area contributed by atoms with Crippen LogP contribution in [-0.2, 0) is 6.18 Å². The average molecular weight is 440 g/mol. The molecule has 11 heteroatoms. The molecular weight excluding hydrogens is 425 g/mol. The normalized spacial score (nSPS) is 11.2. The van der Waals surface area contributed by atoms with E-state index in [0.29, 0.717) is 11.3 Å². The van der Waals surface area contributed by atoms with Gasteiger partial charge in [-0.1, -0.05) is 30.3 Å². The van der Waals surface area contributed by atoms with Crippen LogP contribution in [0, 0.1) is 0 Å². The zero-order valence-electron chi connectivity index (χ0n) is 16.5. The van der Waals surface area contributed by atoms with Crippen molar-refractivity contribution in [3.63, 3.8) is 0 Å². The number of ether oxygens (including phenoxy) is 1. The highest BCUT2D eigenvalue weighted by Crippen LogP contribution is 2.41. The van der Waals surface area contributed by atoms with Gasteiger partial charge in [0.1, 0.15) is 11.6 Å². The van der Waals surface area contributed by atoms with Crippen molar-refractivity contribution in [3.8, 4) is 28.4 Å². The number of H-pyrrole nitrogens is 1. The van der Waals surface area contributed by atoms with Crippen molar-refractivity contribution in [1.29, 1.82) is 0 Å². The number of aromatic amines is 1. The second kappa shape index (κ2) is 8.46. The van der Waals surface area contributed by atoms with E-state index in [1.165, 1.54) is 19.2 Å². The number of nitrogens with zero attached hydrogens (tertiary/aromatic N) is 4. The minimum atomic E-state index is -4.78. The lowest BCUT2D eigenvalue weighted by molar-refractivity contribution is -0.137. The smallest absolute Gasteiger partial charge is 0.417 e. The Morgan fingerprint density at radius 3 is 2.38 bits per heavy atom. The van der Waals surface area contributed by atoms with E-state index in [9.17, 15) is 18.0 Å². The fourth-order valence-electron chi connectivity index (χ4n) is 3.03. The first-order valence-electron chi connectivity index (χ1n) is 9.23. The molecule has 32 heavy (non-hydrogen) atoms. The Morgan fingerprint density at radius 2 is 1.78 bits per heavy atom. The van der Waals surface area contributed by atoms with Gasteiger partial charge in [-0.05, 0) is 35.5 Å². The van der Waals surface area contributed by atoms with Gasteiger partial charge < -0.3 is 10.1 Å². The van der Waals surface area contributed by atoms with E-state index in [4.69, 9.17) is 4.74 Å². The number of halogens is 3. The van der Waals surface area contributed by atoms with Crippen LogP contribution in [-0.4, -0.2) is 38.6 Å². The van der Waals surface area contributed by atoms with Crippen LogP contribution in [0.2, 0.25) is 0 Å². The minimum absolute atomic E-state index is 0.0233. The molecule has 0 saturated carbocycles. The second-order valence-electron chi connectivity index (χ2n) is 6.56. The Kier molecular flexibility index (Phi) is 5.54. The highest BCUT2D eigenvalue weighted by molar-refractivity contribution is 6.05. The number of carbonyl (C=O) groups excluding carboxylic acids is 1. The van der Waals surface area contributed by atoms with Gasteiger partial charge in [-0.2, -0.15) is 18.4 Å². The third kappa shape index (κ3) is 4.26. The number of tetrazole rings is 1. The van der Waals surface area contributed by atoms with E-state index >= 15 is 0 Å². The van der Waals surface area contributed by atoms with Gasteiger partial charge in [-0.3, -0.25) is 4.79 Å². The standard InChI is InChI=1S/C21H15F3N6O2/c1-32-14-9-7-13(8-10-14)20(31)26-18-17(19-27-29-30-28-19)15(21(22,23)24)11-16(25-18)12-5-3-2-4-6-12/h2-11H,1H3,(H,25,26,31)(H,27,28,29,30). The summed E-state index contributed by atoms with van der Waals surface area (Å²) >= 11 is 0. The number of pyridine rings is 1. The molecule has 162 valence electrons. The monoisotopic (exact) mass is 440 g/mol. The number of nitrogens with one attached hydrogen (secondary N) is 2.